The number of hydrogen-bond donors (Lipinski definition) is 1. The fourth-order valence-corrected chi connectivity index (χ4v) is 2.47. The van der Waals surface area contributed by atoms with E-state index in [0.29, 0.717) is 6.54 Å². The van der Waals surface area contributed by atoms with Gasteiger partial charge in [0.05, 0.1) is 11.2 Å². The summed E-state index contributed by atoms with van der Waals surface area (Å²) in [5, 5.41) is 0.864. The number of hydrogen-bond acceptors (Lipinski definition) is 3. The van der Waals surface area contributed by atoms with Gasteiger partial charge in [0.15, 0.2) is 0 Å². The minimum Gasteiger partial charge on any atom is -0.377 e. The highest BCUT2D eigenvalue weighted by atomic mass is 19.1. The molecule has 0 unspecified atom stereocenters. The summed E-state index contributed by atoms with van der Waals surface area (Å²) in [6.45, 7) is 2.65. The minimum absolute atomic E-state index is 0.231. The molecule has 19 heavy (non-hydrogen) atoms. The van der Waals surface area contributed by atoms with E-state index in [4.69, 9.17) is 5.73 Å². The van der Waals surface area contributed by atoms with Crippen LogP contribution < -0.4 is 10.6 Å². The summed E-state index contributed by atoms with van der Waals surface area (Å²) in [5.74, 6) is -0.231. The maximum Gasteiger partial charge on any atom is 0.124 e. The van der Waals surface area contributed by atoms with Gasteiger partial charge < -0.3 is 10.6 Å². The summed E-state index contributed by atoms with van der Waals surface area (Å²) in [4.78, 5) is 6.61. The highest BCUT2D eigenvalue weighted by molar-refractivity contribution is 5.93. The standard InChI is InChI=1S/C15H20FN3/c1-10-12(5-4-8-17)15(19(2)3)13-9-11(16)6-7-14(13)18-10/h6-7,9H,4-5,8,17H2,1-3H3. The van der Waals surface area contributed by atoms with Crippen LogP contribution in [0.5, 0.6) is 0 Å². The van der Waals surface area contributed by atoms with Crippen molar-refractivity contribution in [3.8, 4) is 0 Å². The fourth-order valence-electron chi connectivity index (χ4n) is 2.47. The highest BCUT2D eigenvalue weighted by Gasteiger charge is 2.14. The number of benzene rings is 1. The van der Waals surface area contributed by atoms with Crippen LogP contribution in [-0.4, -0.2) is 25.6 Å². The quantitative estimate of drug-likeness (QED) is 0.920. The van der Waals surface area contributed by atoms with E-state index in [1.807, 2.05) is 25.9 Å². The van der Waals surface area contributed by atoms with Crippen molar-refractivity contribution in [3.63, 3.8) is 0 Å². The number of pyridine rings is 1. The molecule has 0 saturated heterocycles. The lowest BCUT2D eigenvalue weighted by Crippen LogP contribution is -2.15. The molecule has 0 bridgehead atoms. The first kappa shape index (κ1) is 13.7. The summed E-state index contributed by atoms with van der Waals surface area (Å²) in [6.07, 6.45) is 1.78. The number of nitrogens with zero attached hydrogens (tertiary/aromatic N) is 2. The summed E-state index contributed by atoms with van der Waals surface area (Å²) < 4.78 is 13.5. The third-order valence-corrected chi connectivity index (χ3v) is 3.30. The fraction of sp³-hybridized carbons (Fsp3) is 0.400. The van der Waals surface area contributed by atoms with Gasteiger partial charge >= 0.3 is 0 Å². The van der Waals surface area contributed by atoms with Gasteiger partial charge in [-0.1, -0.05) is 0 Å². The average molecular weight is 261 g/mol. The average Bonchev–Trinajstić information content (AvgIpc) is 2.36. The van der Waals surface area contributed by atoms with Gasteiger partial charge in [-0.25, -0.2) is 4.39 Å². The summed E-state index contributed by atoms with van der Waals surface area (Å²) in [7, 11) is 3.95. The normalized spacial score (nSPS) is 11.0. The van der Waals surface area contributed by atoms with Crippen molar-refractivity contribution in [1.29, 1.82) is 0 Å². The van der Waals surface area contributed by atoms with Crippen molar-refractivity contribution >= 4 is 16.6 Å². The molecule has 1 aromatic heterocycles. The zero-order valence-corrected chi connectivity index (χ0v) is 11.7. The van der Waals surface area contributed by atoms with E-state index in [9.17, 15) is 4.39 Å². The van der Waals surface area contributed by atoms with Crippen LogP contribution in [0.4, 0.5) is 10.1 Å². The van der Waals surface area contributed by atoms with Crippen LogP contribution in [0, 0.1) is 12.7 Å². The smallest absolute Gasteiger partial charge is 0.124 e. The summed E-state index contributed by atoms with van der Waals surface area (Å²) in [5.41, 5.74) is 9.64. The largest absolute Gasteiger partial charge is 0.377 e. The molecule has 0 atom stereocenters. The van der Waals surface area contributed by atoms with Gasteiger partial charge in [0.25, 0.3) is 0 Å². The molecular weight excluding hydrogens is 241 g/mol. The van der Waals surface area contributed by atoms with Gasteiger partial charge in [-0.3, -0.25) is 4.98 Å². The topological polar surface area (TPSA) is 42.2 Å². The first-order valence-corrected chi connectivity index (χ1v) is 6.50. The Bertz CT molecular complexity index is 593. The van der Waals surface area contributed by atoms with E-state index in [-0.39, 0.29) is 5.82 Å². The highest BCUT2D eigenvalue weighted by Crippen LogP contribution is 2.31. The van der Waals surface area contributed by atoms with E-state index in [1.54, 1.807) is 12.1 Å². The molecule has 0 radical (unpaired) electrons. The molecule has 102 valence electrons. The predicted octanol–water partition coefficient (Wildman–Crippen LogP) is 2.64. The molecule has 0 aliphatic rings. The Labute approximate surface area is 113 Å². The van der Waals surface area contributed by atoms with E-state index >= 15 is 0 Å². The van der Waals surface area contributed by atoms with Crippen LogP contribution in [0.3, 0.4) is 0 Å². The third-order valence-electron chi connectivity index (χ3n) is 3.30. The molecule has 0 fully saturated rings. The second kappa shape index (κ2) is 5.53. The lowest BCUT2D eigenvalue weighted by Gasteiger charge is -2.21. The van der Waals surface area contributed by atoms with Crippen molar-refractivity contribution in [2.75, 3.05) is 25.5 Å². The van der Waals surface area contributed by atoms with Crippen molar-refractivity contribution in [2.45, 2.75) is 19.8 Å². The van der Waals surface area contributed by atoms with Gasteiger partial charge in [-0.05, 0) is 50.1 Å². The SMILES string of the molecule is Cc1nc2ccc(F)cc2c(N(C)C)c1CCCN. The number of halogens is 1. The predicted molar refractivity (Wildman–Crippen MR) is 78.1 cm³/mol. The second-order valence-electron chi connectivity index (χ2n) is 4.97. The molecule has 1 aromatic carbocycles. The molecule has 3 nitrogen and oxygen atoms in total. The molecule has 1 heterocycles. The molecule has 0 saturated carbocycles. The molecule has 4 heteroatoms. The van der Waals surface area contributed by atoms with E-state index < -0.39 is 0 Å². The lowest BCUT2D eigenvalue weighted by molar-refractivity contribution is 0.629. The molecule has 2 aromatic rings. The number of aromatic nitrogens is 1. The molecular formula is C15H20FN3. The minimum atomic E-state index is -0.231. The first-order chi connectivity index (χ1) is 9.04. The molecule has 0 aliphatic carbocycles. The van der Waals surface area contributed by atoms with E-state index in [0.717, 1.165) is 40.7 Å². The van der Waals surface area contributed by atoms with Crippen LogP contribution in [0.2, 0.25) is 0 Å². The van der Waals surface area contributed by atoms with Crippen molar-refractivity contribution in [1.82, 2.24) is 4.98 Å². The number of aryl methyl sites for hydroxylation is 1. The van der Waals surface area contributed by atoms with Crippen LogP contribution >= 0.6 is 0 Å². The maximum atomic E-state index is 13.5. The van der Waals surface area contributed by atoms with Crippen molar-refractivity contribution < 1.29 is 4.39 Å². The number of rotatable bonds is 4. The Hall–Kier alpha value is -1.68. The van der Waals surface area contributed by atoms with Gasteiger partial charge in [0.2, 0.25) is 0 Å². The molecule has 0 spiro atoms. The van der Waals surface area contributed by atoms with Gasteiger partial charge in [0, 0.05) is 25.2 Å². The van der Waals surface area contributed by atoms with Gasteiger partial charge in [-0.2, -0.15) is 0 Å². The summed E-state index contributed by atoms with van der Waals surface area (Å²) in [6, 6.07) is 4.74. The van der Waals surface area contributed by atoms with Crippen LogP contribution in [0.1, 0.15) is 17.7 Å². The third kappa shape index (κ3) is 2.68. The Morgan fingerprint density at radius 2 is 2.05 bits per heavy atom. The van der Waals surface area contributed by atoms with E-state index in [2.05, 4.69) is 4.98 Å². The Kier molecular flexibility index (Phi) is 4.00. The molecule has 2 rings (SSSR count). The Balaban J connectivity index is 2.71. The summed E-state index contributed by atoms with van der Waals surface area (Å²) >= 11 is 0. The first-order valence-electron chi connectivity index (χ1n) is 6.50. The van der Waals surface area contributed by atoms with Crippen molar-refractivity contribution in [2.24, 2.45) is 5.73 Å². The van der Waals surface area contributed by atoms with Crippen LogP contribution in [0.15, 0.2) is 18.2 Å². The number of anilines is 1. The maximum absolute atomic E-state index is 13.5. The van der Waals surface area contributed by atoms with E-state index in [1.165, 1.54) is 6.07 Å². The molecule has 2 N–H and O–H groups in total. The lowest BCUT2D eigenvalue weighted by atomic mass is 10.0. The number of fused-ring (bicyclic) bond motifs is 1. The monoisotopic (exact) mass is 261 g/mol. The Morgan fingerprint density at radius 1 is 1.32 bits per heavy atom. The zero-order valence-electron chi connectivity index (χ0n) is 11.7. The van der Waals surface area contributed by atoms with Gasteiger partial charge in [-0.15, -0.1) is 0 Å². The Morgan fingerprint density at radius 3 is 2.68 bits per heavy atom. The van der Waals surface area contributed by atoms with Crippen LogP contribution in [-0.2, 0) is 6.42 Å². The second-order valence-corrected chi connectivity index (χ2v) is 4.97. The molecule has 0 amide bonds. The van der Waals surface area contributed by atoms with Crippen LogP contribution in [0.25, 0.3) is 10.9 Å². The van der Waals surface area contributed by atoms with Crippen molar-refractivity contribution in [3.05, 3.63) is 35.3 Å². The molecule has 0 aliphatic heterocycles. The number of nitrogens with two attached hydrogens (primary N) is 1. The zero-order chi connectivity index (χ0) is 14.0. The van der Waals surface area contributed by atoms with Gasteiger partial charge in [0.1, 0.15) is 5.82 Å².